The van der Waals surface area contributed by atoms with Gasteiger partial charge in [-0.1, -0.05) is 12.1 Å². The Hall–Kier alpha value is -3.05. The zero-order chi connectivity index (χ0) is 30.5. The van der Waals surface area contributed by atoms with Crippen LogP contribution in [0.15, 0.2) is 18.2 Å². The number of likely N-dealkylation sites (tertiary alicyclic amines) is 2. The van der Waals surface area contributed by atoms with Gasteiger partial charge in [-0.15, -0.1) is 0 Å². The summed E-state index contributed by atoms with van der Waals surface area (Å²) in [7, 11) is 0. The van der Waals surface area contributed by atoms with Crippen molar-refractivity contribution in [2.45, 2.75) is 114 Å². The number of ether oxygens (including phenoxy) is 2. The third-order valence-electron chi connectivity index (χ3n) is 9.61. The van der Waals surface area contributed by atoms with Crippen LogP contribution in [0.4, 0.5) is 9.18 Å². The number of hydrogen-bond donors (Lipinski definition) is 1. The SMILES string of the molecule is CC(C)(C)OC(=O)N1CCC(O[C@H]2C[C@H](N3CC[C@@H](c4ccc5c(c4)CN(C4CCC(=O)NC4=O)C5=O)[C@@H](F)C3)C2)CC1. The number of imide groups is 1. The Morgan fingerprint density at radius 3 is 2.42 bits per heavy atom. The Labute approximate surface area is 252 Å². The molecule has 1 N–H and O–H groups in total. The predicted octanol–water partition coefficient (Wildman–Crippen LogP) is 3.52. The molecule has 4 aliphatic heterocycles. The standard InChI is InChI=1S/C32H43FN4O6/c1-32(2,3)43-31(41)35-11-8-22(9-12-35)42-23-15-21(16-23)36-13-10-24(26(33)18-36)19-4-5-25-20(14-19)17-37(30(25)40)27-6-7-28(38)34-29(27)39/h4-5,14,21-24,26-27H,6-13,15-18H2,1-3H3,(H,34,38,39)/t21-,23-,24-,26-,27?/m0/s1. The molecular weight excluding hydrogens is 555 g/mol. The first kappa shape index (κ1) is 30.0. The minimum atomic E-state index is -1.01. The van der Waals surface area contributed by atoms with Crippen LogP contribution >= 0.6 is 0 Å². The van der Waals surface area contributed by atoms with Gasteiger partial charge < -0.3 is 19.3 Å². The normalized spacial score (nSPS) is 30.6. The number of piperidine rings is 3. The molecule has 11 heteroatoms. The lowest BCUT2D eigenvalue weighted by atomic mass is 9.82. The van der Waals surface area contributed by atoms with Gasteiger partial charge in [-0.25, -0.2) is 9.18 Å². The summed E-state index contributed by atoms with van der Waals surface area (Å²) in [6.45, 7) is 8.39. The van der Waals surface area contributed by atoms with E-state index in [1.165, 1.54) is 4.90 Å². The number of fused-ring (bicyclic) bond motifs is 1. The second kappa shape index (κ2) is 11.8. The maximum Gasteiger partial charge on any atom is 0.410 e. The number of alkyl halides is 1. The second-order valence-corrected chi connectivity index (χ2v) is 13.8. The fourth-order valence-electron chi connectivity index (χ4n) is 7.18. The molecule has 5 aliphatic rings. The van der Waals surface area contributed by atoms with Gasteiger partial charge in [0.05, 0.1) is 12.2 Å². The van der Waals surface area contributed by atoms with E-state index in [9.17, 15) is 19.2 Å². The molecule has 6 rings (SSSR count). The van der Waals surface area contributed by atoms with Crippen LogP contribution in [-0.4, -0.2) is 101 Å². The predicted molar refractivity (Wildman–Crippen MR) is 155 cm³/mol. The second-order valence-electron chi connectivity index (χ2n) is 13.8. The summed E-state index contributed by atoms with van der Waals surface area (Å²) in [6, 6.07) is 5.24. The Bertz CT molecular complexity index is 1270. The molecule has 1 unspecified atom stereocenters. The van der Waals surface area contributed by atoms with Crippen molar-refractivity contribution in [2.24, 2.45) is 0 Å². The van der Waals surface area contributed by atoms with E-state index in [0.717, 1.165) is 43.4 Å². The van der Waals surface area contributed by atoms with Gasteiger partial charge in [-0.3, -0.25) is 24.6 Å². The average molecular weight is 599 g/mol. The lowest BCUT2D eigenvalue weighted by Crippen LogP contribution is -2.54. The molecule has 1 aromatic rings. The van der Waals surface area contributed by atoms with E-state index in [-0.39, 0.29) is 42.5 Å². The topological polar surface area (TPSA) is 108 Å². The van der Waals surface area contributed by atoms with Gasteiger partial charge >= 0.3 is 6.09 Å². The summed E-state index contributed by atoms with van der Waals surface area (Å²) in [6.07, 6.45) is 3.70. The van der Waals surface area contributed by atoms with E-state index in [2.05, 4.69) is 10.2 Å². The number of nitrogens with one attached hydrogen (secondary N) is 1. The molecule has 4 fully saturated rings. The van der Waals surface area contributed by atoms with E-state index in [4.69, 9.17) is 9.47 Å². The number of benzene rings is 1. The van der Waals surface area contributed by atoms with Crippen LogP contribution in [0.2, 0.25) is 0 Å². The number of hydrogen-bond acceptors (Lipinski definition) is 7. The van der Waals surface area contributed by atoms with Crippen LogP contribution < -0.4 is 5.32 Å². The van der Waals surface area contributed by atoms with Gasteiger partial charge in [0.2, 0.25) is 11.8 Å². The van der Waals surface area contributed by atoms with Crippen LogP contribution in [0.3, 0.4) is 0 Å². The summed E-state index contributed by atoms with van der Waals surface area (Å²) >= 11 is 0. The van der Waals surface area contributed by atoms with Crippen LogP contribution in [0.1, 0.15) is 93.1 Å². The van der Waals surface area contributed by atoms with Gasteiger partial charge in [0.25, 0.3) is 5.91 Å². The summed E-state index contributed by atoms with van der Waals surface area (Å²) in [4.78, 5) is 54.8. The molecule has 0 aromatic heterocycles. The van der Waals surface area contributed by atoms with Gasteiger partial charge in [-0.2, -0.15) is 0 Å². The maximum absolute atomic E-state index is 15.6. The van der Waals surface area contributed by atoms with E-state index in [1.807, 2.05) is 32.9 Å². The average Bonchev–Trinajstić information content (AvgIpc) is 3.25. The third kappa shape index (κ3) is 6.43. The molecule has 1 saturated carbocycles. The molecule has 10 nitrogen and oxygen atoms in total. The monoisotopic (exact) mass is 598 g/mol. The first-order chi connectivity index (χ1) is 20.4. The van der Waals surface area contributed by atoms with Crippen molar-refractivity contribution >= 4 is 23.8 Å². The first-order valence-corrected chi connectivity index (χ1v) is 15.7. The van der Waals surface area contributed by atoms with Crippen molar-refractivity contribution in [1.82, 2.24) is 20.0 Å². The van der Waals surface area contributed by atoms with Crippen LogP contribution in [0, 0.1) is 0 Å². The summed E-state index contributed by atoms with van der Waals surface area (Å²) in [5.41, 5.74) is 1.77. The molecule has 3 atom stereocenters. The zero-order valence-corrected chi connectivity index (χ0v) is 25.4. The van der Waals surface area contributed by atoms with E-state index in [1.54, 1.807) is 11.0 Å². The van der Waals surface area contributed by atoms with Gasteiger partial charge in [-0.05, 0) is 83.0 Å². The number of halogens is 1. The minimum absolute atomic E-state index is 0.141. The number of amides is 4. The highest BCUT2D eigenvalue weighted by molar-refractivity contribution is 6.05. The number of rotatable bonds is 5. The smallest absolute Gasteiger partial charge is 0.410 e. The largest absolute Gasteiger partial charge is 0.444 e. The van der Waals surface area contributed by atoms with E-state index >= 15 is 4.39 Å². The molecule has 4 heterocycles. The first-order valence-electron chi connectivity index (χ1n) is 15.7. The molecule has 4 amide bonds. The van der Waals surface area contributed by atoms with Crippen molar-refractivity contribution in [1.29, 1.82) is 0 Å². The van der Waals surface area contributed by atoms with Crippen LogP contribution in [-0.2, 0) is 25.6 Å². The molecule has 0 bridgehead atoms. The Morgan fingerprint density at radius 1 is 1.00 bits per heavy atom. The lowest BCUT2D eigenvalue weighted by Gasteiger charge is -2.47. The van der Waals surface area contributed by atoms with Gasteiger partial charge in [0, 0.05) is 50.1 Å². The fourth-order valence-corrected chi connectivity index (χ4v) is 7.18. The quantitative estimate of drug-likeness (QED) is 0.517. The highest BCUT2D eigenvalue weighted by atomic mass is 19.1. The molecule has 3 saturated heterocycles. The van der Waals surface area contributed by atoms with Crippen LogP contribution in [0.5, 0.6) is 0 Å². The van der Waals surface area contributed by atoms with Crippen molar-refractivity contribution in [3.8, 4) is 0 Å². The Kier molecular flexibility index (Phi) is 8.23. The molecule has 0 radical (unpaired) electrons. The molecule has 1 aromatic carbocycles. The number of carbonyl (C=O) groups excluding carboxylic acids is 4. The Balaban J connectivity index is 0.957. The summed E-state index contributed by atoms with van der Waals surface area (Å²) in [5.74, 6) is -1.18. The number of carbonyl (C=O) groups is 4. The highest BCUT2D eigenvalue weighted by Crippen LogP contribution is 2.38. The van der Waals surface area contributed by atoms with Crippen molar-refractivity contribution in [3.63, 3.8) is 0 Å². The lowest BCUT2D eigenvalue weighted by molar-refractivity contribution is -0.136. The molecule has 1 aliphatic carbocycles. The molecule has 43 heavy (non-hydrogen) atoms. The zero-order valence-electron chi connectivity index (χ0n) is 25.4. The number of nitrogens with zero attached hydrogens (tertiary/aromatic N) is 3. The van der Waals surface area contributed by atoms with Gasteiger partial charge in [0.1, 0.15) is 17.8 Å². The Morgan fingerprint density at radius 2 is 1.74 bits per heavy atom. The molecule has 0 spiro atoms. The fraction of sp³-hybridized carbons (Fsp3) is 0.688. The highest BCUT2D eigenvalue weighted by Gasteiger charge is 2.42. The van der Waals surface area contributed by atoms with Crippen molar-refractivity contribution in [3.05, 3.63) is 34.9 Å². The third-order valence-corrected chi connectivity index (χ3v) is 9.61. The maximum atomic E-state index is 15.6. The van der Waals surface area contributed by atoms with Crippen molar-refractivity contribution < 1.29 is 33.0 Å². The molecule has 234 valence electrons. The van der Waals surface area contributed by atoms with Crippen LogP contribution in [0.25, 0.3) is 0 Å². The van der Waals surface area contributed by atoms with E-state index in [0.29, 0.717) is 50.6 Å². The van der Waals surface area contributed by atoms with E-state index < -0.39 is 23.7 Å². The summed E-state index contributed by atoms with van der Waals surface area (Å²) < 4.78 is 27.4. The van der Waals surface area contributed by atoms with Crippen molar-refractivity contribution in [2.75, 3.05) is 26.2 Å². The molecular formula is C32H43FN4O6. The van der Waals surface area contributed by atoms with Gasteiger partial charge in [0.15, 0.2) is 0 Å². The minimum Gasteiger partial charge on any atom is -0.444 e. The summed E-state index contributed by atoms with van der Waals surface area (Å²) in [5, 5.41) is 2.33.